The Morgan fingerprint density at radius 2 is 1.65 bits per heavy atom. The van der Waals surface area contributed by atoms with Gasteiger partial charge in [-0.1, -0.05) is 38.3 Å². The van der Waals surface area contributed by atoms with Gasteiger partial charge in [-0.25, -0.2) is 5.43 Å². The average Bonchev–Trinajstić information content (AvgIpc) is 2.66. The second kappa shape index (κ2) is 10.2. The summed E-state index contributed by atoms with van der Waals surface area (Å²) in [5, 5.41) is 4.15. The highest BCUT2D eigenvalue weighted by Gasteiger charge is 2.05. The van der Waals surface area contributed by atoms with E-state index in [1.54, 1.807) is 24.3 Å². The van der Waals surface area contributed by atoms with E-state index < -0.39 is 0 Å². The van der Waals surface area contributed by atoms with Gasteiger partial charge >= 0.3 is 0 Å². The Balaban J connectivity index is 1.85. The second-order valence-electron chi connectivity index (χ2n) is 6.19. The molecule has 0 spiro atoms. The first-order chi connectivity index (χ1) is 12.6. The van der Waals surface area contributed by atoms with Crippen molar-refractivity contribution in [1.29, 1.82) is 0 Å². The molecule has 0 aliphatic carbocycles. The van der Waals surface area contributed by atoms with Crippen LogP contribution in [0.2, 0.25) is 0 Å². The minimum absolute atomic E-state index is 0.255. The van der Waals surface area contributed by atoms with E-state index in [2.05, 4.69) is 17.5 Å². The molecule has 0 unspecified atom stereocenters. The molecule has 2 aromatic rings. The Morgan fingerprint density at radius 3 is 2.31 bits per heavy atom. The molecule has 0 radical (unpaired) electrons. The van der Waals surface area contributed by atoms with Crippen molar-refractivity contribution in [3.8, 4) is 5.75 Å². The number of nitrogens with zero attached hydrogens (tertiary/aromatic N) is 1. The van der Waals surface area contributed by atoms with Gasteiger partial charge in [-0.15, -0.1) is 0 Å². The summed E-state index contributed by atoms with van der Waals surface area (Å²) >= 11 is 0. The lowest BCUT2D eigenvalue weighted by molar-refractivity contribution is 0.0955. The topological polar surface area (TPSA) is 76.7 Å². The molecule has 2 aromatic carbocycles. The maximum atomic E-state index is 12.2. The Labute approximate surface area is 155 Å². The first kappa shape index (κ1) is 19.5. The quantitative estimate of drug-likeness (QED) is 0.304. The summed E-state index contributed by atoms with van der Waals surface area (Å²) in [5.74, 6) is 0.522. The molecule has 0 aromatic heterocycles. The zero-order valence-electron chi connectivity index (χ0n) is 15.5. The Kier molecular flexibility index (Phi) is 7.68. The molecule has 5 nitrogen and oxygen atoms in total. The van der Waals surface area contributed by atoms with Crippen molar-refractivity contribution in [3.05, 3.63) is 59.7 Å². The van der Waals surface area contributed by atoms with Crippen LogP contribution in [-0.2, 0) is 0 Å². The first-order valence-electron chi connectivity index (χ1n) is 9.03. The average molecular weight is 353 g/mol. The predicted molar refractivity (Wildman–Crippen MR) is 107 cm³/mol. The molecule has 2 rings (SSSR count). The molecule has 0 fully saturated rings. The molecule has 138 valence electrons. The molecule has 0 aliphatic rings. The van der Waals surface area contributed by atoms with Crippen LogP contribution in [0, 0.1) is 0 Å². The Bertz CT molecular complexity index is 722. The molecule has 0 saturated carbocycles. The zero-order valence-corrected chi connectivity index (χ0v) is 15.5. The van der Waals surface area contributed by atoms with Crippen LogP contribution >= 0.6 is 0 Å². The van der Waals surface area contributed by atoms with Gasteiger partial charge in [-0.05, 0) is 55.3 Å². The monoisotopic (exact) mass is 353 g/mol. The molecule has 26 heavy (non-hydrogen) atoms. The smallest absolute Gasteiger partial charge is 0.271 e. The number of carbonyl (C=O) groups is 1. The fraction of sp³-hybridized carbons (Fsp3) is 0.333. The van der Waals surface area contributed by atoms with Crippen LogP contribution in [0.4, 0.5) is 5.69 Å². The third kappa shape index (κ3) is 6.24. The van der Waals surface area contributed by atoms with Crippen molar-refractivity contribution in [3.63, 3.8) is 0 Å². The lowest BCUT2D eigenvalue weighted by Crippen LogP contribution is -2.19. The van der Waals surface area contributed by atoms with E-state index in [4.69, 9.17) is 10.5 Å². The predicted octanol–water partition coefficient (Wildman–Crippen LogP) is 4.38. The standard InChI is InChI=1S/C21H27N3O2/c1-3-4-5-6-15-26-20-13-9-18(10-14-20)21(25)24-23-16(2)17-7-11-19(22)12-8-17/h7-14H,3-6,15,22H2,1-2H3,(H,24,25). The van der Waals surface area contributed by atoms with E-state index >= 15 is 0 Å². The number of carbonyl (C=O) groups excluding carboxylic acids is 1. The minimum atomic E-state index is -0.255. The summed E-state index contributed by atoms with van der Waals surface area (Å²) in [6.45, 7) is 4.73. The number of rotatable bonds is 9. The molecule has 0 saturated heterocycles. The molecule has 0 heterocycles. The number of hydrogen-bond donors (Lipinski definition) is 2. The van der Waals surface area contributed by atoms with E-state index in [0.29, 0.717) is 23.6 Å². The van der Waals surface area contributed by atoms with Crippen LogP contribution in [0.1, 0.15) is 55.5 Å². The molecule has 0 bridgehead atoms. The van der Waals surface area contributed by atoms with Gasteiger partial charge in [0.1, 0.15) is 5.75 Å². The van der Waals surface area contributed by atoms with Gasteiger partial charge < -0.3 is 10.5 Å². The number of ether oxygens (including phenoxy) is 1. The molecule has 1 amide bonds. The fourth-order valence-electron chi connectivity index (χ4n) is 2.41. The lowest BCUT2D eigenvalue weighted by Gasteiger charge is -2.07. The first-order valence-corrected chi connectivity index (χ1v) is 9.03. The van der Waals surface area contributed by atoms with E-state index in [1.807, 2.05) is 31.2 Å². The van der Waals surface area contributed by atoms with Crippen molar-refractivity contribution in [2.45, 2.75) is 39.5 Å². The van der Waals surface area contributed by atoms with Gasteiger partial charge in [0.25, 0.3) is 5.91 Å². The second-order valence-corrected chi connectivity index (χ2v) is 6.19. The molecule has 0 aliphatic heterocycles. The van der Waals surface area contributed by atoms with Gasteiger partial charge in [-0.2, -0.15) is 5.10 Å². The summed E-state index contributed by atoms with van der Waals surface area (Å²) in [6, 6.07) is 14.4. The third-order valence-electron chi connectivity index (χ3n) is 4.04. The van der Waals surface area contributed by atoms with Crippen LogP contribution in [0.25, 0.3) is 0 Å². The number of anilines is 1. The maximum absolute atomic E-state index is 12.2. The van der Waals surface area contributed by atoms with E-state index in [1.165, 1.54) is 19.3 Å². The van der Waals surface area contributed by atoms with Crippen molar-refractivity contribution >= 4 is 17.3 Å². The number of hydrogen-bond acceptors (Lipinski definition) is 4. The van der Waals surface area contributed by atoms with Crippen LogP contribution in [0.3, 0.4) is 0 Å². The van der Waals surface area contributed by atoms with E-state index in [9.17, 15) is 4.79 Å². The van der Waals surface area contributed by atoms with Gasteiger partial charge in [0, 0.05) is 11.3 Å². The number of nitrogens with one attached hydrogen (secondary N) is 1. The van der Waals surface area contributed by atoms with Gasteiger partial charge in [0.15, 0.2) is 0 Å². The molecular weight excluding hydrogens is 326 g/mol. The Morgan fingerprint density at radius 1 is 1.00 bits per heavy atom. The molecule has 0 atom stereocenters. The highest BCUT2D eigenvalue weighted by atomic mass is 16.5. The summed E-state index contributed by atoms with van der Waals surface area (Å²) in [6.07, 6.45) is 4.68. The maximum Gasteiger partial charge on any atom is 0.271 e. The number of nitrogens with two attached hydrogens (primary N) is 1. The van der Waals surface area contributed by atoms with Gasteiger partial charge in [0.05, 0.1) is 12.3 Å². The van der Waals surface area contributed by atoms with E-state index in [0.717, 1.165) is 17.7 Å². The SMILES string of the molecule is CCCCCCOc1ccc(C(=O)NN=C(C)c2ccc(N)cc2)cc1. The van der Waals surface area contributed by atoms with Crippen LogP contribution < -0.4 is 15.9 Å². The van der Waals surface area contributed by atoms with E-state index in [-0.39, 0.29) is 5.91 Å². The largest absolute Gasteiger partial charge is 0.494 e. The fourth-order valence-corrected chi connectivity index (χ4v) is 2.41. The summed E-state index contributed by atoms with van der Waals surface area (Å²) in [5.41, 5.74) is 11.1. The summed E-state index contributed by atoms with van der Waals surface area (Å²) in [4.78, 5) is 12.2. The number of amides is 1. The molecule has 5 heteroatoms. The van der Waals surface area contributed by atoms with Crippen LogP contribution in [-0.4, -0.2) is 18.2 Å². The number of benzene rings is 2. The highest BCUT2D eigenvalue weighted by Crippen LogP contribution is 2.13. The lowest BCUT2D eigenvalue weighted by atomic mass is 10.1. The van der Waals surface area contributed by atoms with Crippen molar-refractivity contribution in [1.82, 2.24) is 5.43 Å². The Hall–Kier alpha value is -2.82. The highest BCUT2D eigenvalue weighted by molar-refractivity contribution is 6.01. The van der Waals surface area contributed by atoms with Crippen molar-refractivity contribution in [2.75, 3.05) is 12.3 Å². The number of unbranched alkanes of at least 4 members (excludes halogenated alkanes) is 3. The third-order valence-corrected chi connectivity index (χ3v) is 4.04. The summed E-state index contributed by atoms with van der Waals surface area (Å²) in [7, 11) is 0. The number of nitrogen functional groups attached to an aromatic ring is 1. The summed E-state index contributed by atoms with van der Waals surface area (Å²) < 4.78 is 5.68. The van der Waals surface area contributed by atoms with Crippen molar-refractivity contribution < 1.29 is 9.53 Å². The van der Waals surface area contributed by atoms with Gasteiger partial charge in [0.2, 0.25) is 0 Å². The van der Waals surface area contributed by atoms with Crippen LogP contribution in [0.15, 0.2) is 53.6 Å². The molecule has 3 N–H and O–H groups in total. The zero-order chi connectivity index (χ0) is 18.8. The minimum Gasteiger partial charge on any atom is -0.494 e. The van der Waals surface area contributed by atoms with Crippen molar-refractivity contribution in [2.24, 2.45) is 5.10 Å². The molecular formula is C21H27N3O2. The van der Waals surface area contributed by atoms with Gasteiger partial charge in [-0.3, -0.25) is 4.79 Å². The number of hydrazone groups is 1. The van der Waals surface area contributed by atoms with Crippen LogP contribution in [0.5, 0.6) is 5.75 Å². The normalized spacial score (nSPS) is 11.2.